The highest BCUT2D eigenvalue weighted by Crippen LogP contribution is 2.58. The zero-order valence-electron chi connectivity index (χ0n) is 8.71. The van der Waals surface area contributed by atoms with Gasteiger partial charge in [0, 0.05) is 24.6 Å². The van der Waals surface area contributed by atoms with Gasteiger partial charge in [-0.2, -0.15) is 0 Å². The summed E-state index contributed by atoms with van der Waals surface area (Å²) in [6.07, 6.45) is 4.15. The van der Waals surface area contributed by atoms with Crippen LogP contribution in [-0.2, 0) is 0 Å². The summed E-state index contributed by atoms with van der Waals surface area (Å²) in [6, 6.07) is 0. The molecule has 0 bridgehead atoms. The van der Waals surface area contributed by atoms with Crippen LogP contribution >= 0.6 is 23.5 Å². The van der Waals surface area contributed by atoms with E-state index in [9.17, 15) is 0 Å². The maximum absolute atomic E-state index is 2.49. The Bertz CT molecular complexity index is 279. The predicted molar refractivity (Wildman–Crippen MR) is 66.0 cm³/mol. The standard InChI is InChI=1S/C11H17NS2/c1-12-5-3-9-2-4-11(10(9)8-12)13-6-7-14-11/h2-8H2,1H3. The summed E-state index contributed by atoms with van der Waals surface area (Å²) in [4.78, 5) is 2.49. The average Bonchev–Trinajstić information content (AvgIpc) is 2.77. The Hall–Kier alpha value is 0.400. The van der Waals surface area contributed by atoms with Crippen molar-refractivity contribution in [1.82, 2.24) is 4.90 Å². The summed E-state index contributed by atoms with van der Waals surface area (Å²) in [5.41, 5.74) is 3.61. The molecule has 1 spiro atoms. The molecule has 78 valence electrons. The molecule has 1 fully saturated rings. The van der Waals surface area contributed by atoms with Gasteiger partial charge in [-0.3, -0.25) is 0 Å². The Morgan fingerprint density at radius 2 is 2.00 bits per heavy atom. The van der Waals surface area contributed by atoms with Crippen LogP contribution in [-0.4, -0.2) is 40.6 Å². The molecule has 0 unspecified atom stereocenters. The molecule has 0 aromatic heterocycles. The van der Waals surface area contributed by atoms with Gasteiger partial charge in [0.25, 0.3) is 0 Å². The normalized spacial score (nSPS) is 31.5. The van der Waals surface area contributed by atoms with E-state index in [0.717, 1.165) is 0 Å². The molecule has 0 radical (unpaired) electrons. The van der Waals surface area contributed by atoms with Crippen molar-refractivity contribution in [2.75, 3.05) is 31.6 Å². The summed E-state index contributed by atoms with van der Waals surface area (Å²) >= 11 is 4.44. The van der Waals surface area contributed by atoms with Crippen LogP contribution in [0.2, 0.25) is 0 Å². The third kappa shape index (κ3) is 1.36. The maximum atomic E-state index is 2.49. The van der Waals surface area contributed by atoms with Crippen molar-refractivity contribution in [2.24, 2.45) is 0 Å². The number of likely N-dealkylation sites (N-methyl/N-ethyl adjacent to an activating group) is 1. The Kier molecular flexibility index (Phi) is 2.38. The van der Waals surface area contributed by atoms with Crippen molar-refractivity contribution in [3.63, 3.8) is 0 Å². The average molecular weight is 227 g/mol. The van der Waals surface area contributed by atoms with Gasteiger partial charge in [0.15, 0.2) is 0 Å². The van der Waals surface area contributed by atoms with Gasteiger partial charge in [0.1, 0.15) is 0 Å². The van der Waals surface area contributed by atoms with E-state index in [-0.39, 0.29) is 0 Å². The van der Waals surface area contributed by atoms with Gasteiger partial charge >= 0.3 is 0 Å². The molecule has 1 aliphatic carbocycles. The van der Waals surface area contributed by atoms with Crippen molar-refractivity contribution in [1.29, 1.82) is 0 Å². The molecule has 3 aliphatic rings. The number of thioether (sulfide) groups is 2. The van der Waals surface area contributed by atoms with Crippen molar-refractivity contribution < 1.29 is 0 Å². The highest BCUT2D eigenvalue weighted by Gasteiger charge is 2.45. The fourth-order valence-electron chi connectivity index (χ4n) is 2.84. The number of hydrogen-bond acceptors (Lipinski definition) is 3. The molecule has 1 nitrogen and oxygen atoms in total. The number of hydrogen-bond donors (Lipinski definition) is 0. The van der Waals surface area contributed by atoms with Crippen LogP contribution in [0.5, 0.6) is 0 Å². The first-order chi connectivity index (χ1) is 6.80. The SMILES string of the molecule is CN1CCC2=C(C1)C1(CC2)SCCS1. The van der Waals surface area contributed by atoms with Crippen LogP contribution < -0.4 is 0 Å². The molecule has 1 saturated heterocycles. The van der Waals surface area contributed by atoms with Crippen LogP contribution in [0.4, 0.5) is 0 Å². The van der Waals surface area contributed by atoms with E-state index in [2.05, 4.69) is 35.5 Å². The number of rotatable bonds is 0. The van der Waals surface area contributed by atoms with E-state index in [1.807, 2.05) is 5.57 Å². The lowest BCUT2D eigenvalue weighted by molar-refractivity contribution is 0.347. The molecular formula is C11H17NS2. The molecule has 2 aliphatic heterocycles. The lowest BCUT2D eigenvalue weighted by Crippen LogP contribution is -2.32. The van der Waals surface area contributed by atoms with E-state index in [0.29, 0.717) is 4.08 Å². The first-order valence-electron chi connectivity index (χ1n) is 5.48. The fourth-order valence-corrected chi connectivity index (χ4v) is 6.26. The molecule has 2 heterocycles. The molecule has 0 aromatic carbocycles. The van der Waals surface area contributed by atoms with E-state index in [1.54, 1.807) is 5.57 Å². The van der Waals surface area contributed by atoms with E-state index in [4.69, 9.17) is 0 Å². The second kappa shape index (κ2) is 3.46. The topological polar surface area (TPSA) is 3.24 Å². The lowest BCUT2D eigenvalue weighted by Gasteiger charge is -2.32. The summed E-state index contributed by atoms with van der Waals surface area (Å²) in [6.45, 7) is 2.53. The van der Waals surface area contributed by atoms with Crippen LogP contribution in [0.1, 0.15) is 19.3 Å². The summed E-state index contributed by atoms with van der Waals surface area (Å²) in [5, 5.41) is 0. The summed E-state index contributed by atoms with van der Waals surface area (Å²) < 4.78 is 0.532. The second-order valence-corrected chi connectivity index (χ2v) is 7.57. The largest absolute Gasteiger partial charge is 0.302 e. The molecule has 3 rings (SSSR count). The smallest absolute Gasteiger partial charge is 0.0839 e. The third-order valence-corrected chi connectivity index (χ3v) is 7.24. The fraction of sp³-hybridized carbons (Fsp3) is 0.818. The maximum Gasteiger partial charge on any atom is 0.0839 e. The van der Waals surface area contributed by atoms with Crippen molar-refractivity contribution in [3.05, 3.63) is 11.1 Å². The highest BCUT2D eigenvalue weighted by atomic mass is 32.2. The Labute approximate surface area is 94.7 Å². The summed E-state index contributed by atoms with van der Waals surface area (Å²) in [7, 11) is 2.26. The Morgan fingerprint density at radius 1 is 1.21 bits per heavy atom. The molecule has 0 aromatic rings. The van der Waals surface area contributed by atoms with E-state index >= 15 is 0 Å². The van der Waals surface area contributed by atoms with Gasteiger partial charge in [-0.15, -0.1) is 23.5 Å². The first-order valence-corrected chi connectivity index (χ1v) is 7.45. The number of nitrogens with zero attached hydrogens (tertiary/aromatic N) is 1. The van der Waals surface area contributed by atoms with Gasteiger partial charge in [-0.05, 0) is 31.9 Å². The predicted octanol–water partition coefficient (Wildman–Crippen LogP) is 2.59. The molecule has 14 heavy (non-hydrogen) atoms. The molecule has 0 N–H and O–H groups in total. The third-order valence-electron chi connectivity index (χ3n) is 3.62. The van der Waals surface area contributed by atoms with Gasteiger partial charge in [0.05, 0.1) is 4.08 Å². The Balaban J connectivity index is 1.92. The monoisotopic (exact) mass is 227 g/mol. The molecule has 0 saturated carbocycles. The van der Waals surface area contributed by atoms with Gasteiger partial charge in [0.2, 0.25) is 0 Å². The van der Waals surface area contributed by atoms with Crippen LogP contribution in [0, 0.1) is 0 Å². The van der Waals surface area contributed by atoms with Crippen LogP contribution in [0.3, 0.4) is 0 Å². The summed E-state index contributed by atoms with van der Waals surface area (Å²) in [5.74, 6) is 2.73. The van der Waals surface area contributed by atoms with Crippen molar-refractivity contribution >= 4 is 23.5 Å². The van der Waals surface area contributed by atoms with Gasteiger partial charge in [-0.1, -0.05) is 5.57 Å². The highest BCUT2D eigenvalue weighted by molar-refractivity contribution is 8.21. The quantitative estimate of drug-likeness (QED) is 0.586. The van der Waals surface area contributed by atoms with Crippen LogP contribution in [0.15, 0.2) is 11.1 Å². The minimum atomic E-state index is 0.532. The van der Waals surface area contributed by atoms with Crippen molar-refractivity contribution in [2.45, 2.75) is 23.3 Å². The van der Waals surface area contributed by atoms with E-state index in [1.165, 1.54) is 43.9 Å². The van der Waals surface area contributed by atoms with Crippen molar-refractivity contribution in [3.8, 4) is 0 Å². The van der Waals surface area contributed by atoms with Crippen LogP contribution in [0.25, 0.3) is 0 Å². The number of fused-ring (bicyclic) bond motifs is 1. The lowest BCUT2D eigenvalue weighted by atomic mass is 10.0. The second-order valence-electron chi connectivity index (χ2n) is 4.52. The molecule has 0 amide bonds. The molecular weight excluding hydrogens is 210 g/mol. The minimum absolute atomic E-state index is 0.532. The Morgan fingerprint density at radius 3 is 2.79 bits per heavy atom. The molecule has 0 atom stereocenters. The molecule has 3 heteroatoms. The van der Waals surface area contributed by atoms with Gasteiger partial charge in [-0.25, -0.2) is 0 Å². The minimum Gasteiger partial charge on any atom is -0.302 e. The van der Waals surface area contributed by atoms with E-state index < -0.39 is 0 Å². The zero-order chi connectivity index (χ0) is 9.60. The zero-order valence-corrected chi connectivity index (χ0v) is 10.3. The van der Waals surface area contributed by atoms with Gasteiger partial charge < -0.3 is 4.90 Å². The first kappa shape index (κ1) is 9.61.